The number of aromatic nitrogens is 3. The SMILES string of the molecule is COc1ncc(-c2nc(-c3ccc([C@]4(N)C[C@](C)(O)C4)cc3)c(-c3ccccc3)s2)cn1. The minimum absolute atomic E-state index is 0.329. The van der Waals surface area contributed by atoms with Crippen LogP contribution in [0, 0.1) is 0 Å². The first-order valence-corrected chi connectivity index (χ1v) is 11.2. The second-order valence-electron chi connectivity index (χ2n) is 8.61. The van der Waals surface area contributed by atoms with Gasteiger partial charge in [0.05, 0.1) is 23.3 Å². The monoisotopic (exact) mass is 444 g/mol. The van der Waals surface area contributed by atoms with Crippen LogP contribution in [0.5, 0.6) is 6.01 Å². The normalized spacial score (nSPS) is 22.4. The van der Waals surface area contributed by atoms with Crippen LogP contribution >= 0.6 is 11.3 Å². The van der Waals surface area contributed by atoms with Gasteiger partial charge in [-0.15, -0.1) is 11.3 Å². The fourth-order valence-corrected chi connectivity index (χ4v) is 5.50. The lowest BCUT2D eigenvalue weighted by Crippen LogP contribution is -2.58. The molecule has 32 heavy (non-hydrogen) atoms. The van der Waals surface area contributed by atoms with Gasteiger partial charge in [-0.05, 0) is 30.9 Å². The minimum Gasteiger partial charge on any atom is -0.467 e. The van der Waals surface area contributed by atoms with Gasteiger partial charge in [0.15, 0.2) is 0 Å². The number of rotatable bonds is 5. The van der Waals surface area contributed by atoms with Gasteiger partial charge in [0.25, 0.3) is 0 Å². The van der Waals surface area contributed by atoms with Gasteiger partial charge in [-0.25, -0.2) is 15.0 Å². The van der Waals surface area contributed by atoms with E-state index in [1.54, 1.807) is 30.8 Å². The molecule has 2 aromatic heterocycles. The molecule has 2 aromatic carbocycles. The molecule has 2 heterocycles. The summed E-state index contributed by atoms with van der Waals surface area (Å²) in [5.74, 6) is 0. The highest BCUT2D eigenvalue weighted by Gasteiger charge is 2.49. The maximum atomic E-state index is 10.1. The van der Waals surface area contributed by atoms with Gasteiger partial charge < -0.3 is 15.6 Å². The molecule has 1 fully saturated rings. The van der Waals surface area contributed by atoms with Crippen LogP contribution in [0.4, 0.5) is 0 Å². The Hall–Kier alpha value is -3.13. The molecule has 162 valence electrons. The molecule has 0 saturated heterocycles. The lowest BCUT2D eigenvalue weighted by Gasteiger charge is -2.49. The molecule has 0 unspecified atom stereocenters. The second-order valence-corrected chi connectivity index (χ2v) is 9.60. The summed E-state index contributed by atoms with van der Waals surface area (Å²) in [4.78, 5) is 14.5. The molecule has 7 heteroatoms. The predicted octanol–water partition coefficient (Wildman–Crippen LogP) is 4.64. The Morgan fingerprint density at radius 1 is 0.938 bits per heavy atom. The lowest BCUT2D eigenvalue weighted by atomic mass is 9.63. The molecule has 1 aliphatic rings. The summed E-state index contributed by atoms with van der Waals surface area (Å²) in [5, 5.41) is 11.0. The zero-order chi connectivity index (χ0) is 22.3. The maximum absolute atomic E-state index is 10.1. The third-order valence-electron chi connectivity index (χ3n) is 5.85. The molecule has 0 radical (unpaired) electrons. The first-order chi connectivity index (χ1) is 15.4. The number of ether oxygens (including phenoxy) is 1. The van der Waals surface area contributed by atoms with Gasteiger partial charge >= 0.3 is 6.01 Å². The summed E-state index contributed by atoms with van der Waals surface area (Å²) in [6.07, 6.45) is 4.58. The van der Waals surface area contributed by atoms with E-state index in [0.29, 0.717) is 18.9 Å². The van der Waals surface area contributed by atoms with Crippen LogP contribution in [0.1, 0.15) is 25.3 Å². The smallest absolute Gasteiger partial charge is 0.316 e. The summed E-state index contributed by atoms with van der Waals surface area (Å²) in [5.41, 5.74) is 10.3. The van der Waals surface area contributed by atoms with Crippen molar-refractivity contribution in [3.63, 3.8) is 0 Å². The Balaban J connectivity index is 1.54. The van der Waals surface area contributed by atoms with E-state index in [1.165, 1.54) is 0 Å². The van der Waals surface area contributed by atoms with Crippen LogP contribution in [0.15, 0.2) is 67.0 Å². The molecule has 4 aromatic rings. The van der Waals surface area contributed by atoms with Crippen molar-refractivity contribution in [1.82, 2.24) is 15.0 Å². The number of thiazole rings is 1. The van der Waals surface area contributed by atoms with Crippen LogP contribution in [0.2, 0.25) is 0 Å². The Labute approximate surface area is 190 Å². The number of hydrogen-bond donors (Lipinski definition) is 2. The van der Waals surface area contributed by atoms with E-state index in [4.69, 9.17) is 15.5 Å². The number of nitrogens with zero attached hydrogens (tertiary/aromatic N) is 3. The van der Waals surface area contributed by atoms with Crippen LogP contribution in [0.3, 0.4) is 0 Å². The molecular formula is C25H24N4O2S. The number of hydrogen-bond acceptors (Lipinski definition) is 7. The average Bonchev–Trinajstić information content (AvgIpc) is 3.24. The van der Waals surface area contributed by atoms with Gasteiger partial charge in [-0.1, -0.05) is 54.6 Å². The molecule has 5 rings (SSSR count). The summed E-state index contributed by atoms with van der Waals surface area (Å²) >= 11 is 1.61. The molecule has 0 amide bonds. The van der Waals surface area contributed by atoms with Crippen molar-refractivity contribution >= 4 is 11.3 Å². The van der Waals surface area contributed by atoms with Crippen molar-refractivity contribution in [2.24, 2.45) is 5.73 Å². The Morgan fingerprint density at radius 3 is 2.19 bits per heavy atom. The number of aliphatic hydroxyl groups is 1. The average molecular weight is 445 g/mol. The zero-order valence-electron chi connectivity index (χ0n) is 17.9. The van der Waals surface area contributed by atoms with Crippen LogP contribution in [0.25, 0.3) is 32.3 Å². The Morgan fingerprint density at radius 2 is 1.59 bits per heavy atom. The van der Waals surface area contributed by atoms with Gasteiger partial charge in [-0.2, -0.15) is 0 Å². The predicted molar refractivity (Wildman–Crippen MR) is 126 cm³/mol. The quantitative estimate of drug-likeness (QED) is 0.466. The Bertz CT molecular complexity index is 1230. The molecule has 1 saturated carbocycles. The molecule has 1 aliphatic carbocycles. The van der Waals surface area contributed by atoms with E-state index in [1.807, 2.05) is 25.1 Å². The summed E-state index contributed by atoms with van der Waals surface area (Å²) in [6.45, 7) is 1.83. The highest BCUT2D eigenvalue weighted by Crippen LogP contribution is 2.47. The molecule has 3 N–H and O–H groups in total. The number of methoxy groups -OCH3 is 1. The van der Waals surface area contributed by atoms with Gasteiger partial charge in [-0.3, -0.25) is 0 Å². The van der Waals surface area contributed by atoms with Gasteiger partial charge in [0.1, 0.15) is 5.01 Å². The van der Waals surface area contributed by atoms with Crippen molar-refractivity contribution in [1.29, 1.82) is 0 Å². The number of nitrogens with two attached hydrogens (primary N) is 1. The minimum atomic E-state index is -0.682. The lowest BCUT2D eigenvalue weighted by molar-refractivity contribution is -0.0738. The fourth-order valence-electron chi connectivity index (χ4n) is 4.43. The van der Waals surface area contributed by atoms with E-state index >= 15 is 0 Å². The highest BCUT2D eigenvalue weighted by molar-refractivity contribution is 7.19. The van der Waals surface area contributed by atoms with Crippen LogP contribution < -0.4 is 10.5 Å². The van der Waals surface area contributed by atoms with Crippen molar-refractivity contribution in [2.45, 2.75) is 30.9 Å². The third kappa shape index (κ3) is 3.79. The maximum Gasteiger partial charge on any atom is 0.316 e. The zero-order valence-corrected chi connectivity index (χ0v) is 18.8. The summed E-state index contributed by atoms with van der Waals surface area (Å²) in [6, 6.07) is 18.8. The fraction of sp³-hybridized carbons (Fsp3) is 0.240. The van der Waals surface area contributed by atoms with E-state index in [-0.39, 0.29) is 0 Å². The molecule has 0 spiro atoms. The molecule has 0 aliphatic heterocycles. The summed E-state index contributed by atoms with van der Waals surface area (Å²) < 4.78 is 5.07. The van der Waals surface area contributed by atoms with Gasteiger partial charge in [0, 0.05) is 29.1 Å². The van der Waals surface area contributed by atoms with E-state index in [0.717, 1.165) is 37.8 Å². The topological polar surface area (TPSA) is 94.2 Å². The molecule has 0 atom stereocenters. The van der Waals surface area contributed by atoms with E-state index < -0.39 is 11.1 Å². The first kappa shape index (κ1) is 20.8. The Kier molecular flexibility index (Phi) is 5.04. The van der Waals surface area contributed by atoms with E-state index in [2.05, 4.69) is 46.4 Å². The standard InChI is InChI=1S/C25H24N4O2S/c1-24(30)14-25(26,15-24)19-10-8-16(9-11-19)20-21(17-6-4-3-5-7-17)32-22(29-20)18-12-27-23(31-2)28-13-18/h3-13,30H,14-15,26H2,1-2H3/t24-,25-. The van der Waals surface area contributed by atoms with Gasteiger partial charge in [0.2, 0.25) is 0 Å². The molecular weight excluding hydrogens is 420 g/mol. The molecule has 6 nitrogen and oxygen atoms in total. The van der Waals surface area contributed by atoms with Crippen LogP contribution in [-0.2, 0) is 5.54 Å². The van der Waals surface area contributed by atoms with Crippen LogP contribution in [-0.4, -0.2) is 32.8 Å². The highest BCUT2D eigenvalue weighted by atomic mass is 32.1. The van der Waals surface area contributed by atoms with E-state index in [9.17, 15) is 5.11 Å². The first-order valence-electron chi connectivity index (χ1n) is 10.4. The second kappa shape index (κ2) is 7.78. The largest absolute Gasteiger partial charge is 0.467 e. The number of benzene rings is 2. The van der Waals surface area contributed by atoms with Crippen molar-refractivity contribution in [3.8, 4) is 38.3 Å². The summed E-state index contributed by atoms with van der Waals surface area (Å²) in [7, 11) is 1.55. The van der Waals surface area contributed by atoms with Crippen molar-refractivity contribution < 1.29 is 9.84 Å². The molecule has 0 bridgehead atoms. The van der Waals surface area contributed by atoms with Crippen molar-refractivity contribution in [3.05, 3.63) is 72.6 Å². The van der Waals surface area contributed by atoms with Crippen molar-refractivity contribution in [2.75, 3.05) is 7.11 Å². The third-order valence-corrected chi connectivity index (χ3v) is 7.00.